The molecule has 82 valence electrons. The highest BCUT2D eigenvalue weighted by Crippen LogP contribution is 2.24. The van der Waals surface area contributed by atoms with Crippen molar-refractivity contribution < 1.29 is 23.1 Å². The third kappa shape index (κ3) is 2.29. The van der Waals surface area contributed by atoms with Crippen LogP contribution in [-0.4, -0.2) is 11.1 Å². The van der Waals surface area contributed by atoms with Gasteiger partial charge in [-0.25, -0.2) is 13.2 Å². The summed E-state index contributed by atoms with van der Waals surface area (Å²) in [4.78, 5) is 10.7. The third-order valence-electron chi connectivity index (χ3n) is 2.12. The van der Waals surface area contributed by atoms with E-state index in [-0.39, 0.29) is 12.0 Å². The Kier molecular flexibility index (Phi) is 3.34. The fourth-order valence-electron chi connectivity index (χ4n) is 1.33. The molecular formula is C10H9F3O2. The molecule has 0 fully saturated rings. The van der Waals surface area contributed by atoms with Crippen molar-refractivity contribution in [3.63, 3.8) is 0 Å². The van der Waals surface area contributed by atoms with Gasteiger partial charge in [-0.2, -0.15) is 0 Å². The first-order valence-electron chi connectivity index (χ1n) is 4.34. The Morgan fingerprint density at radius 1 is 1.27 bits per heavy atom. The van der Waals surface area contributed by atoms with E-state index in [1.54, 1.807) is 0 Å². The molecule has 1 aromatic carbocycles. The molecule has 0 amide bonds. The van der Waals surface area contributed by atoms with Crippen LogP contribution in [0.15, 0.2) is 12.1 Å². The van der Waals surface area contributed by atoms with Crippen molar-refractivity contribution in [2.45, 2.75) is 19.3 Å². The maximum Gasteiger partial charge on any atom is 0.311 e. The van der Waals surface area contributed by atoms with Gasteiger partial charge in [0.1, 0.15) is 5.82 Å². The number of carboxylic acid groups (broad SMARTS) is 1. The number of carbonyl (C=O) groups is 1. The Morgan fingerprint density at radius 2 is 1.80 bits per heavy atom. The minimum atomic E-state index is -1.32. The fraction of sp³-hybridized carbons (Fsp3) is 0.300. The van der Waals surface area contributed by atoms with E-state index in [1.165, 1.54) is 6.92 Å². The maximum absolute atomic E-state index is 13.2. The molecule has 0 aromatic heterocycles. The molecule has 5 heteroatoms. The fourth-order valence-corrected chi connectivity index (χ4v) is 1.33. The van der Waals surface area contributed by atoms with E-state index in [0.717, 1.165) is 0 Å². The van der Waals surface area contributed by atoms with Gasteiger partial charge in [0.2, 0.25) is 0 Å². The molecule has 1 rings (SSSR count). The van der Waals surface area contributed by atoms with E-state index in [4.69, 9.17) is 5.11 Å². The van der Waals surface area contributed by atoms with Crippen LogP contribution in [0.25, 0.3) is 0 Å². The SMILES string of the molecule is CCC(C(=O)O)c1cc(F)c(F)cc1F. The third-order valence-corrected chi connectivity index (χ3v) is 2.12. The second-order valence-corrected chi connectivity index (χ2v) is 3.09. The minimum Gasteiger partial charge on any atom is -0.481 e. The number of hydrogen-bond acceptors (Lipinski definition) is 1. The lowest BCUT2D eigenvalue weighted by Gasteiger charge is -2.11. The molecule has 0 bridgehead atoms. The number of aliphatic carboxylic acids is 1. The highest BCUT2D eigenvalue weighted by atomic mass is 19.2. The van der Waals surface area contributed by atoms with Crippen molar-refractivity contribution in [1.82, 2.24) is 0 Å². The first-order valence-corrected chi connectivity index (χ1v) is 4.34. The summed E-state index contributed by atoms with van der Waals surface area (Å²) in [5.41, 5.74) is -0.330. The molecule has 0 radical (unpaired) electrons. The van der Waals surface area contributed by atoms with Crippen LogP contribution >= 0.6 is 0 Å². The second kappa shape index (κ2) is 4.33. The van der Waals surface area contributed by atoms with Crippen LogP contribution in [0.4, 0.5) is 13.2 Å². The molecule has 1 N–H and O–H groups in total. The Bertz CT molecular complexity index is 390. The van der Waals surface area contributed by atoms with Gasteiger partial charge in [-0.1, -0.05) is 6.92 Å². The molecule has 15 heavy (non-hydrogen) atoms. The summed E-state index contributed by atoms with van der Waals surface area (Å²) in [5.74, 6) is -6.02. The molecule has 1 atom stereocenters. The Balaban J connectivity index is 3.24. The van der Waals surface area contributed by atoms with Crippen LogP contribution in [0.2, 0.25) is 0 Å². The topological polar surface area (TPSA) is 37.3 Å². The monoisotopic (exact) mass is 218 g/mol. The van der Waals surface area contributed by atoms with E-state index in [2.05, 4.69) is 0 Å². The van der Waals surface area contributed by atoms with E-state index in [9.17, 15) is 18.0 Å². The molecule has 0 spiro atoms. The lowest BCUT2D eigenvalue weighted by atomic mass is 9.96. The Labute approximate surface area is 84.3 Å². The van der Waals surface area contributed by atoms with Gasteiger partial charge in [0, 0.05) is 11.6 Å². The van der Waals surface area contributed by atoms with Crippen molar-refractivity contribution >= 4 is 5.97 Å². The maximum atomic E-state index is 13.2. The molecule has 0 aliphatic rings. The predicted molar refractivity (Wildman–Crippen MR) is 47.0 cm³/mol. The van der Waals surface area contributed by atoms with Crippen LogP contribution < -0.4 is 0 Å². The van der Waals surface area contributed by atoms with Gasteiger partial charge in [0.05, 0.1) is 5.92 Å². The van der Waals surface area contributed by atoms with E-state index < -0.39 is 29.3 Å². The summed E-state index contributed by atoms with van der Waals surface area (Å²) in [6, 6.07) is 0.948. The summed E-state index contributed by atoms with van der Waals surface area (Å²) in [7, 11) is 0. The summed E-state index contributed by atoms with van der Waals surface area (Å²) in [6.07, 6.45) is 0.108. The average molecular weight is 218 g/mol. The van der Waals surface area contributed by atoms with E-state index in [0.29, 0.717) is 12.1 Å². The zero-order chi connectivity index (χ0) is 11.6. The lowest BCUT2D eigenvalue weighted by Crippen LogP contribution is -2.13. The minimum absolute atomic E-state index is 0.108. The Morgan fingerprint density at radius 3 is 2.27 bits per heavy atom. The molecular weight excluding hydrogens is 209 g/mol. The normalized spacial score (nSPS) is 12.5. The highest BCUT2D eigenvalue weighted by molar-refractivity contribution is 5.76. The number of carboxylic acids is 1. The second-order valence-electron chi connectivity index (χ2n) is 3.09. The lowest BCUT2D eigenvalue weighted by molar-refractivity contribution is -0.138. The predicted octanol–water partition coefficient (Wildman–Crippen LogP) is 2.68. The van der Waals surface area contributed by atoms with E-state index in [1.807, 2.05) is 0 Å². The molecule has 0 aliphatic carbocycles. The summed E-state index contributed by atoms with van der Waals surface area (Å²) >= 11 is 0. The van der Waals surface area contributed by atoms with Crippen molar-refractivity contribution in [2.75, 3.05) is 0 Å². The highest BCUT2D eigenvalue weighted by Gasteiger charge is 2.23. The van der Waals surface area contributed by atoms with Gasteiger partial charge in [-0.3, -0.25) is 4.79 Å². The van der Waals surface area contributed by atoms with Crippen LogP contribution in [0.5, 0.6) is 0 Å². The van der Waals surface area contributed by atoms with Crippen LogP contribution in [0.1, 0.15) is 24.8 Å². The van der Waals surface area contributed by atoms with Crippen LogP contribution in [0, 0.1) is 17.5 Å². The number of rotatable bonds is 3. The van der Waals surface area contributed by atoms with Gasteiger partial charge in [0.15, 0.2) is 11.6 Å². The quantitative estimate of drug-likeness (QED) is 0.792. The zero-order valence-electron chi connectivity index (χ0n) is 7.93. The molecule has 0 heterocycles. The van der Waals surface area contributed by atoms with Gasteiger partial charge >= 0.3 is 5.97 Å². The van der Waals surface area contributed by atoms with Gasteiger partial charge in [0.25, 0.3) is 0 Å². The average Bonchev–Trinajstić information content (AvgIpc) is 2.14. The van der Waals surface area contributed by atoms with Crippen molar-refractivity contribution in [3.8, 4) is 0 Å². The molecule has 1 unspecified atom stereocenters. The summed E-state index contributed by atoms with van der Waals surface area (Å²) in [6.45, 7) is 1.53. The molecule has 0 saturated carbocycles. The molecule has 0 saturated heterocycles. The smallest absolute Gasteiger partial charge is 0.311 e. The number of benzene rings is 1. The molecule has 0 aliphatic heterocycles. The van der Waals surface area contributed by atoms with Crippen molar-refractivity contribution in [3.05, 3.63) is 35.1 Å². The van der Waals surface area contributed by atoms with Gasteiger partial charge < -0.3 is 5.11 Å². The van der Waals surface area contributed by atoms with Crippen molar-refractivity contribution in [1.29, 1.82) is 0 Å². The Hall–Kier alpha value is -1.52. The number of halogens is 3. The van der Waals surface area contributed by atoms with Crippen LogP contribution in [0.3, 0.4) is 0 Å². The standard InChI is InChI=1S/C10H9F3O2/c1-2-5(10(14)15)6-3-8(12)9(13)4-7(6)11/h3-5H,2H2,1H3,(H,14,15). The van der Waals surface area contributed by atoms with Crippen molar-refractivity contribution in [2.24, 2.45) is 0 Å². The van der Waals surface area contributed by atoms with E-state index >= 15 is 0 Å². The zero-order valence-corrected chi connectivity index (χ0v) is 7.93. The van der Waals surface area contributed by atoms with Gasteiger partial charge in [-0.05, 0) is 12.5 Å². The molecule has 2 nitrogen and oxygen atoms in total. The largest absolute Gasteiger partial charge is 0.481 e. The van der Waals surface area contributed by atoms with Gasteiger partial charge in [-0.15, -0.1) is 0 Å². The summed E-state index contributed by atoms with van der Waals surface area (Å²) in [5, 5.41) is 8.73. The van der Waals surface area contributed by atoms with Crippen LogP contribution in [-0.2, 0) is 4.79 Å². The first-order chi connectivity index (χ1) is 6.97. The summed E-state index contributed by atoms with van der Waals surface area (Å²) < 4.78 is 38.5. The first kappa shape index (κ1) is 11.6. The number of hydrogen-bond donors (Lipinski definition) is 1. The molecule has 1 aromatic rings.